The molecule has 0 atom stereocenters. The molecule has 0 aliphatic heterocycles. The largest absolute Gasteiger partial charge is 0.490 e. The summed E-state index contributed by atoms with van der Waals surface area (Å²) in [6.07, 6.45) is 1.56. The van der Waals surface area contributed by atoms with E-state index in [0.29, 0.717) is 23.7 Å². The number of nitrogens with one attached hydrogen (secondary N) is 1. The highest BCUT2D eigenvalue weighted by Crippen LogP contribution is 2.30. The van der Waals surface area contributed by atoms with Crippen LogP contribution in [0.25, 0.3) is 0 Å². The van der Waals surface area contributed by atoms with E-state index in [9.17, 15) is 4.79 Å². The molecule has 0 bridgehead atoms. The van der Waals surface area contributed by atoms with E-state index < -0.39 is 12.6 Å². The molecule has 0 unspecified atom stereocenters. The van der Waals surface area contributed by atoms with Crippen LogP contribution in [0.5, 0.6) is 11.5 Å². The fraction of sp³-hybridized carbons (Fsp3) is 0.176. The Morgan fingerprint density at radius 1 is 1.17 bits per heavy atom. The van der Waals surface area contributed by atoms with Gasteiger partial charge in [0.1, 0.15) is 0 Å². The minimum absolute atomic E-state index is 0.357. The Bertz CT molecular complexity index is 672. The second-order valence-corrected chi connectivity index (χ2v) is 4.53. The van der Waals surface area contributed by atoms with Crippen LogP contribution in [0.2, 0.25) is 0 Å². The van der Waals surface area contributed by atoms with Crippen molar-refractivity contribution in [2.24, 2.45) is 5.10 Å². The van der Waals surface area contributed by atoms with Crippen molar-refractivity contribution in [3.05, 3.63) is 54.1 Å². The van der Waals surface area contributed by atoms with Crippen molar-refractivity contribution >= 4 is 17.9 Å². The molecular weight excluding hydrogens is 296 g/mol. The molecule has 0 aromatic heterocycles. The first-order valence-electron chi connectivity index (χ1n) is 7.15. The molecule has 2 aromatic carbocycles. The maximum atomic E-state index is 10.7. The molecule has 6 heteroatoms. The maximum absolute atomic E-state index is 10.7. The van der Waals surface area contributed by atoms with Gasteiger partial charge in [-0.15, -0.1) is 0 Å². The molecule has 0 spiro atoms. The zero-order valence-corrected chi connectivity index (χ0v) is 12.7. The van der Waals surface area contributed by atoms with Gasteiger partial charge in [-0.05, 0) is 31.2 Å². The summed E-state index contributed by atoms with van der Waals surface area (Å²) < 4.78 is 10.8. The Labute approximate surface area is 134 Å². The number of para-hydroxylation sites is 2. The first kappa shape index (κ1) is 16.4. The summed E-state index contributed by atoms with van der Waals surface area (Å²) in [5.41, 5.74) is 4.36. The number of hydrogen-bond donors (Lipinski definition) is 2. The molecule has 2 rings (SSSR count). The molecular formula is C17H18N2O4. The van der Waals surface area contributed by atoms with E-state index in [4.69, 9.17) is 14.6 Å². The minimum Gasteiger partial charge on any atom is -0.490 e. The molecule has 2 aromatic rings. The highest BCUT2D eigenvalue weighted by molar-refractivity contribution is 5.85. The van der Waals surface area contributed by atoms with E-state index in [1.54, 1.807) is 24.4 Å². The van der Waals surface area contributed by atoms with Gasteiger partial charge < -0.3 is 14.6 Å². The highest BCUT2D eigenvalue weighted by Gasteiger charge is 2.11. The SMILES string of the molecule is CCOc1cccc(/C=N/Nc2ccccc2)c1OCC(=O)O. The van der Waals surface area contributed by atoms with E-state index in [1.165, 1.54) is 0 Å². The fourth-order valence-electron chi connectivity index (χ4n) is 1.88. The molecule has 23 heavy (non-hydrogen) atoms. The second kappa shape index (κ2) is 8.43. The Hall–Kier alpha value is -3.02. The van der Waals surface area contributed by atoms with Gasteiger partial charge in [0.05, 0.1) is 18.5 Å². The molecule has 0 aliphatic rings. The fourth-order valence-corrected chi connectivity index (χ4v) is 1.88. The molecule has 120 valence electrons. The summed E-state index contributed by atoms with van der Waals surface area (Å²) in [7, 11) is 0. The number of nitrogens with zero attached hydrogens (tertiary/aromatic N) is 1. The van der Waals surface area contributed by atoms with Gasteiger partial charge in [-0.1, -0.05) is 24.3 Å². The van der Waals surface area contributed by atoms with Gasteiger partial charge in [0.2, 0.25) is 0 Å². The number of aliphatic carboxylic acids is 1. The van der Waals surface area contributed by atoms with Gasteiger partial charge in [-0.2, -0.15) is 5.10 Å². The first-order valence-corrected chi connectivity index (χ1v) is 7.15. The molecule has 0 saturated carbocycles. The number of hydrogen-bond acceptors (Lipinski definition) is 5. The van der Waals surface area contributed by atoms with Crippen LogP contribution in [0, 0.1) is 0 Å². The van der Waals surface area contributed by atoms with Crippen LogP contribution in [0.15, 0.2) is 53.6 Å². The zero-order valence-electron chi connectivity index (χ0n) is 12.7. The summed E-state index contributed by atoms with van der Waals surface area (Å²) in [6, 6.07) is 14.8. The molecule has 0 aliphatic carbocycles. The zero-order chi connectivity index (χ0) is 16.5. The van der Waals surface area contributed by atoms with Crippen LogP contribution in [0.1, 0.15) is 12.5 Å². The topological polar surface area (TPSA) is 80.1 Å². The maximum Gasteiger partial charge on any atom is 0.341 e. The van der Waals surface area contributed by atoms with Crippen LogP contribution >= 0.6 is 0 Å². The summed E-state index contributed by atoms with van der Waals surface area (Å²) in [4.78, 5) is 10.7. The van der Waals surface area contributed by atoms with Crippen molar-refractivity contribution in [2.75, 3.05) is 18.6 Å². The third kappa shape index (κ3) is 5.03. The lowest BCUT2D eigenvalue weighted by atomic mass is 10.2. The number of carboxylic acids is 1. The van der Waals surface area contributed by atoms with Crippen molar-refractivity contribution in [3.8, 4) is 11.5 Å². The van der Waals surface area contributed by atoms with Crippen LogP contribution in [0.4, 0.5) is 5.69 Å². The Morgan fingerprint density at radius 2 is 1.96 bits per heavy atom. The van der Waals surface area contributed by atoms with Gasteiger partial charge in [0.25, 0.3) is 0 Å². The molecule has 0 fully saturated rings. The number of ether oxygens (including phenoxy) is 2. The summed E-state index contributed by atoms with van der Waals surface area (Å²) in [5.74, 6) is -0.214. The number of anilines is 1. The summed E-state index contributed by atoms with van der Waals surface area (Å²) in [5, 5.41) is 12.9. The van der Waals surface area contributed by atoms with E-state index in [0.717, 1.165) is 5.69 Å². The van der Waals surface area contributed by atoms with Gasteiger partial charge in [-0.3, -0.25) is 5.43 Å². The van der Waals surface area contributed by atoms with E-state index in [2.05, 4.69) is 10.5 Å². The van der Waals surface area contributed by atoms with Crippen LogP contribution in [0.3, 0.4) is 0 Å². The number of carbonyl (C=O) groups is 1. The number of benzene rings is 2. The third-order valence-corrected chi connectivity index (χ3v) is 2.82. The average Bonchev–Trinajstić information content (AvgIpc) is 2.55. The lowest BCUT2D eigenvalue weighted by Gasteiger charge is -2.12. The van der Waals surface area contributed by atoms with Crippen molar-refractivity contribution in [1.29, 1.82) is 0 Å². The van der Waals surface area contributed by atoms with Crippen LogP contribution in [-0.4, -0.2) is 30.5 Å². The molecule has 2 N–H and O–H groups in total. The highest BCUT2D eigenvalue weighted by atomic mass is 16.5. The molecule has 0 amide bonds. The second-order valence-electron chi connectivity index (χ2n) is 4.53. The van der Waals surface area contributed by atoms with E-state index in [1.807, 2.05) is 37.3 Å². The van der Waals surface area contributed by atoms with Crippen molar-refractivity contribution in [2.45, 2.75) is 6.92 Å². The molecule has 0 radical (unpaired) electrons. The third-order valence-electron chi connectivity index (χ3n) is 2.82. The quantitative estimate of drug-likeness (QED) is 0.578. The van der Waals surface area contributed by atoms with Gasteiger partial charge in [-0.25, -0.2) is 4.79 Å². The molecule has 0 saturated heterocycles. The van der Waals surface area contributed by atoms with Gasteiger partial charge >= 0.3 is 5.97 Å². The van der Waals surface area contributed by atoms with Crippen molar-refractivity contribution in [1.82, 2.24) is 0 Å². The molecule has 6 nitrogen and oxygen atoms in total. The van der Waals surface area contributed by atoms with Crippen LogP contribution in [-0.2, 0) is 4.79 Å². The first-order chi connectivity index (χ1) is 11.2. The Morgan fingerprint density at radius 3 is 2.65 bits per heavy atom. The summed E-state index contributed by atoms with van der Waals surface area (Å²) in [6.45, 7) is 1.85. The Kier molecular flexibility index (Phi) is 5.99. The number of carboxylic acid groups (broad SMARTS) is 1. The average molecular weight is 314 g/mol. The Balaban J connectivity index is 2.18. The van der Waals surface area contributed by atoms with Gasteiger partial charge in [0, 0.05) is 5.56 Å². The van der Waals surface area contributed by atoms with Crippen molar-refractivity contribution < 1.29 is 19.4 Å². The van der Waals surface area contributed by atoms with E-state index >= 15 is 0 Å². The predicted octanol–water partition coefficient (Wildman–Crippen LogP) is 2.99. The monoisotopic (exact) mass is 314 g/mol. The predicted molar refractivity (Wildman–Crippen MR) is 88.4 cm³/mol. The number of hydrazone groups is 1. The number of rotatable bonds is 8. The normalized spacial score (nSPS) is 10.5. The summed E-state index contributed by atoms with van der Waals surface area (Å²) >= 11 is 0. The minimum atomic E-state index is -1.05. The van der Waals surface area contributed by atoms with Crippen LogP contribution < -0.4 is 14.9 Å². The van der Waals surface area contributed by atoms with Crippen molar-refractivity contribution in [3.63, 3.8) is 0 Å². The lowest BCUT2D eigenvalue weighted by Crippen LogP contribution is -2.11. The lowest BCUT2D eigenvalue weighted by molar-refractivity contribution is -0.139. The van der Waals surface area contributed by atoms with Gasteiger partial charge in [0.15, 0.2) is 18.1 Å². The molecule has 0 heterocycles. The van der Waals surface area contributed by atoms with E-state index in [-0.39, 0.29) is 0 Å². The standard InChI is InChI=1S/C17H18N2O4/c1-2-22-15-10-6-7-13(17(15)23-12-16(20)21)11-18-19-14-8-4-3-5-9-14/h3-11,19H,2,12H2,1H3,(H,20,21)/b18-11+. The smallest absolute Gasteiger partial charge is 0.341 e.